The summed E-state index contributed by atoms with van der Waals surface area (Å²) in [6.45, 7) is 4.38. The third kappa shape index (κ3) is 1.64. The van der Waals surface area contributed by atoms with Gasteiger partial charge < -0.3 is 4.74 Å². The van der Waals surface area contributed by atoms with E-state index in [4.69, 9.17) is 4.74 Å². The van der Waals surface area contributed by atoms with E-state index >= 15 is 0 Å². The highest BCUT2D eigenvalue weighted by Gasteiger charge is 2.16. The monoisotopic (exact) mass is 213 g/mol. The van der Waals surface area contributed by atoms with Gasteiger partial charge in [-0.25, -0.2) is 4.99 Å². The largest absolute Gasteiger partial charge is 0.442 e. The first-order valence-electron chi connectivity index (χ1n) is 5.85. The molecule has 0 fully saturated rings. The van der Waals surface area contributed by atoms with Crippen LogP contribution in [-0.4, -0.2) is 12.4 Å². The number of aryl methyl sites for hydroxylation is 2. The molecule has 0 aromatic heterocycles. The van der Waals surface area contributed by atoms with Crippen molar-refractivity contribution in [2.24, 2.45) is 4.99 Å². The summed E-state index contributed by atoms with van der Waals surface area (Å²) in [5, 5.41) is 0. The van der Waals surface area contributed by atoms with Gasteiger partial charge in [-0.15, -0.1) is 0 Å². The fraction of sp³-hybridized carbons (Fsp3) is 0.357. The predicted molar refractivity (Wildman–Crippen MR) is 64.7 cm³/mol. The Labute approximate surface area is 95.7 Å². The fourth-order valence-corrected chi connectivity index (χ4v) is 2.38. The zero-order valence-corrected chi connectivity index (χ0v) is 9.33. The molecule has 2 aliphatic rings. The molecule has 0 amide bonds. The lowest BCUT2D eigenvalue weighted by molar-refractivity contribution is 0.442. The Morgan fingerprint density at radius 2 is 1.94 bits per heavy atom. The maximum atomic E-state index is 5.49. The van der Waals surface area contributed by atoms with Gasteiger partial charge in [0, 0.05) is 5.56 Å². The minimum Gasteiger partial charge on any atom is -0.442 e. The minimum absolute atomic E-state index is 0.604. The Balaban J connectivity index is 1.94. The Morgan fingerprint density at radius 3 is 2.69 bits per heavy atom. The molecular formula is C14H15NO. The van der Waals surface area contributed by atoms with E-state index in [0.717, 1.165) is 17.2 Å². The zero-order chi connectivity index (χ0) is 11.0. The Morgan fingerprint density at radius 1 is 1.12 bits per heavy atom. The Hall–Kier alpha value is -1.57. The maximum Gasteiger partial charge on any atom is 0.222 e. The third-order valence-electron chi connectivity index (χ3n) is 3.24. The van der Waals surface area contributed by atoms with E-state index in [9.17, 15) is 0 Å². The van der Waals surface area contributed by atoms with Crippen molar-refractivity contribution < 1.29 is 4.74 Å². The van der Waals surface area contributed by atoms with Crippen molar-refractivity contribution in [1.82, 2.24) is 0 Å². The molecule has 1 aromatic rings. The molecule has 0 unspecified atom stereocenters. The van der Waals surface area contributed by atoms with E-state index in [1.54, 1.807) is 0 Å². The van der Waals surface area contributed by atoms with Gasteiger partial charge in [0.05, 0.1) is 0 Å². The highest BCUT2D eigenvalue weighted by Crippen LogP contribution is 2.24. The van der Waals surface area contributed by atoms with Gasteiger partial charge in [-0.1, -0.05) is 12.6 Å². The fourth-order valence-electron chi connectivity index (χ4n) is 2.38. The molecule has 1 heterocycles. The standard InChI is InChI=1S/C14H15NO/c1-10-9-15-14(16-10)13-7-6-11-4-2-3-5-12(11)8-13/h6-8H,1-5,9H2. The van der Waals surface area contributed by atoms with Crippen molar-refractivity contribution in [2.45, 2.75) is 25.7 Å². The molecular weight excluding hydrogens is 198 g/mol. The molecule has 3 rings (SSSR count). The summed E-state index contributed by atoms with van der Waals surface area (Å²) in [7, 11) is 0. The molecule has 16 heavy (non-hydrogen) atoms. The number of rotatable bonds is 1. The lowest BCUT2D eigenvalue weighted by Crippen LogP contribution is -2.06. The first kappa shape index (κ1) is 9.64. The van der Waals surface area contributed by atoms with Gasteiger partial charge in [0.15, 0.2) is 0 Å². The Bertz CT molecular complexity index is 474. The van der Waals surface area contributed by atoms with Crippen molar-refractivity contribution in [3.05, 3.63) is 47.2 Å². The molecule has 2 heteroatoms. The van der Waals surface area contributed by atoms with Crippen LogP contribution in [0.3, 0.4) is 0 Å². The third-order valence-corrected chi connectivity index (χ3v) is 3.24. The highest BCUT2D eigenvalue weighted by molar-refractivity contribution is 5.96. The van der Waals surface area contributed by atoms with Crippen LogP contribution in [0, 0.1) is 0 Å². The SMILES string of the molecule is C=C1CN=C(c2ccc3c(c2)CCCC3)O1. The predicted octanol–water partition coefficient (Wildman–Crippen LogP) is 2.86. The molecule has 0 bridgehead atoms. The number of aliphatic imine (C=N–C) groups is 1. The Kier molecular flexibility index (Phi) is 2.28. The van der Waals surface area contributed by atoms with E-state index < -0.39 is 0 Å². The number of hydrogen-bond donors (Lipinski definition) is 0. The normalized spacial score (nSPS) is 19.0. The highest BCUT2D eigenvalue weighted by atomic mass is 16.5. The second-order valence-corrected chi connectivity index (χ2v) is 4.45. The lowest BCUT2D eigenvalue weighted by Gasteiger charge is -2.16. The second-order valence-electron chi connectivity index (χ2n) is 4.45. The van der Waals surface area contributed by atoms with E-state index in [0.29, 0.717) is 6.54 Å². The van der Waals surface area contributed by atoms with Crippen LogP contribution in [0.1, 0.15) is 29.5 Å². The molecule has 1 aliphatic heterocycles. The summed E-state index contributed by atoms with van der Waals surface area (Å²) in [6, 6.07) is 6.56. The van der Waals surface area contributed by atoms with Gasteiger partial charge in [0.1, 0.15) is 12.3 Å². The van der Waals surface area contributed by atoms with Crippen molar-refractivity contribution >= 4 is 5.90 Å². The van der Waals surface area contributed by atoms with E-state index in [2.05, 4.69) is 29.8 Å². The topological polar surface area (TPSA) is 21.6 Å². The van der Waals surface area contributed by atoms with Crippen molar-refractivity contribution in [1.29, 1.82) is 0 Å². The van der Waals surface area contributed by atoms with E-state index in [1.165, 1.54) is 36.8 Å². The van der Waals surface area contributed by atoms with Crippen LogP contribution < -0.4 is 0 Å². The van der Waals surface area contributed by atoms with Crippen LogP contribution in [0.2, 0.25) is 0 Å². The number of benzene rings is 1. The smallest absolute Gasteiger partial charge is 0.222 e. The van der Waals surface area contributed by atoms with Gasteiger partial charge in [0.2, 0.25) is 5.90 Å². The molecule has 0 N–H and O–H groups in total. The quantitative estimate of drug-likeness (QED) is 0.703. The first-order chi connectivity index (χ1) is 7.83. The van der Waals surface area contributed by atoms with Crippen molar-refractivity contribution in [2.75, 3.05) is 6.54 Å². The second kappa shape index (κ2) is 3.78. The zero-order valence-electron chi connectivity index (χ0n) is 9.33. The molecule has 2 nitrogen and oxygen atoms in total. The molecule has 82 valence electrons. The lowest BCUT2D eigenvalue weighted by atomic mass is 9.90. The summed E-state index contributed by atoms with van der Waals surface area (Å²) >= 11 is 0. The van der Waals surface area contributed by atoms with Crippen LogP contribution in [0.15, 0.2) is 35.5 Å². The van der Waals surface area contributed by atoms with Gasteiger partial charge >= 0.3 is 0 Å². The number of ether oxygens (including phenoxy) is 1. The molecule has 1 aromatic carbocycles. The molecule has 0 atom stereocenters. The summed E-state index contributed by atoms with van der Waals surface area (Å²) < 4.78 is 5.49. The molecule has 0 saturated heterocycles. The molecule has 0 saturated carbocycles. The van der Waals surface area contributed by atoms with Crippen molar-refractivity contribution in [3.8, 4) is 0 Å². The summed E-state index contributed by atoms with van der Waals surface area (Å²) in [5.41, 5.74) is 4.05. The molecule has 0 radical (unpaired) electrons. The summed E-state index contributed by atoms with van der Waals surface area (Å²) in [5.74, 6) is 1.48. The van der Waals surface area contributed by atoms with E-state index in [-0.39, 0.29) is 0 Å². The van der Waals surface area contributed by atoms with Gasteiger partial charge in [0.25, 0.3) is 0 Å². The molecule has 1 aliphatic carbocycles. The van der Waals surface area contributed by atoms with Crippen LogP contribution in [0.4, 0.5) is 0 Å². The van der Waals surface area contributed by atoms with Crippen LogP contribution >= 0.6 is 0 Å². The minimum atomic E-state index is 0.604. The average molecular weight is 213 g/mol. The van der Waals surface area contributed by atoms with Gasteiger partial charge in [-0.2, -0.15) is 0 Å². The van der Waals surface area contributed by atoms with Crippen LogP contribution in [-0.2, 0) is 17.6 Å². The van der Waals surface area contributed by atoms with Crippen LogP contribution in [0.5, 0.6) is 0 Å². The summed E-state index contributed by atoms with van der Waals surface area (Å²) in [6.07, 6.45) is 5.03. The van der Waals surface area contributed by atoms with E-state index in [1.807, 2.05) is 0 Å². The number of nitrogens with zero attached hydrogens (tertiary/aromatic N) is 1. The van der Waals surface area contributed by atoms with Gasteiger partial charge in [-0.05, 0) is 48.9 Å². The first-order valence-corrected chi connectivity index (χ1v) is 5.85. The number of hydrogen-bond acceptors (Lipinski definition) is 2. The summed E-state index contributed by atoms with van der Waals surface area (Å²) in [4.78, 5) is 4.33. The van der Waals surface area contributed by atoms with Gasteiger partial charge in [-0.3, -0.25) is 0 Å². The average Bonchev–Trinajstić information content (AvgIpc) is 2.75. The van der Waals surface area contributed by atoms with Crippen molar-refractivity contribution in [3.63, 3.8) is 0 Å². The molecule has 0 spiro atoms. The van der Waals surface area contributed by atoms with Crippen LogP contribution in [0.25, 0.3) is 0 Å². The number of fused-ring (bicyclic) bond motifs is 1. The maximum absolute atomic E-state index is 5.49.